The number of carboxylic acid groups (broad SMARTS) is 1. The van der Waals surface area contributed by atoms with Crippen LogP contribution >= 0.6 is 0 Å². The second-order valence-electron chi connectivity index (χ2n) is 0.519. The summed E-state index contributed by atoms with van der Waals surface area (Å²) in [4.78, 5) is 9.00. The summed E-state index contributed by atoms with van der Waals surface area (Å²) in [5.74, 6) is -0.833. The maximum atomic E-state index is 9.00. The van der Waals surface area contributed by atoms with Crippen molar-refractivity contribution in [2.75, 3.05) is 0 Å². The molecule has 29 valence electrons. The second kappa shape index (κ2) is 4.29. The van der Waals surface area contributed by atoms with Crippen molar-refractivity contribution in [3.63, 3.8) is 0 Å². The van der Waals surface area contributed by atoms with E-state index in [1.165, 1.54) is 0 Å². The number of rotatable bonds is 0. The van der Waals surface area contributed by atoms with Gasteiger partial charge in [-0.05, 0) is 0 Å². The summed E-state index contributed by atoms with van der Waals surface area (Å²) in [7, 11) is 0. The molecule has 0 spiro atoms. The maximum Gasteiger partial charge on any atom is 0.300 e. The van der Waals surface area contributed by atoms with Gasteiger partial charge in [-0.1, -0.05) is 0 Å². The Balaban J connectivity index is 0. The maximum absolute atomic E-state index is 9.00. The van der Waals surface area contributed by atoms with E-state index in [4.69, 9.17) is 9.90 Å². The zero-order chi connectivity index (χ0) is 3.58. The number of hydrogen-bond donors (Lipinski definition) is 1. The predicted octanol–water partition coefficient (Wildman–Crippen LogP) is -0.290. The molecule has 0 aromatic heterocycles. The van der Waals surface area contributed by atoms with Crippen LogP contribution in [0.25, 0.3) is 0 Å². The molecule has 3 heteroatoms. The van der Waals surface area contributed by atoms with Gasteiger partial charge >= 0.3 is 0 Å². The Morgan fingerprint density at radius 2 is 1.80 bits per heavy atom. The van der Waals surface area contributed by atoms with Gasteiger partial charge in [-0.2, -0.15) is 0 Å². The van der Waals surface area contributed by atoms with Crippen LogP contribution in [0.5, 0.6) is 0 Å². The van der Waals surface area contributed by atoms with Crippen molar-refractivity contribution in [3.8, 4) is 0 Å². The molecule has 0 fully saturated rings. The minimum absolute atomic E-state index is 0. The van der Waals surface area contributed by atoms with Crippen molar-refractivity contribution in [3.05, 3.63) is 0 Å². The van der Waals surface area contributed by atoms with Crippen molar-refractivity contribution in [2.45, 2.75) is 6.92 Å². The van der Waals surface area contributed by atoms with Gasteiger partial charge < -0.3 is 5.11 Å². The molecule has 0 amide bonds. The van der Waals surface area contributed by atoms with E-state index >= 15 is 0 Å². The molecule has 0 saturated carbocycles. The number of aliphatic carboxylic acids is 1. The first kappa shape index (κ1) is 8.99. The van der Waals surface area contributed by atoms with Crippen LogP contribution in [0.3, 0.4) is 0 Å². The topological polar surface area (TPSA) is 37.3 Å². The zero-order valence-electron chi connectivity index (χ0n) is 2.80. The van der Waals surface area contributed by atoms with Crippen LogP contribution in [0.2, 0.25) is 0 Å². The Labute approximate surface area is 47.6 Å². The summed E-state index contributed by atoms with van der Waals surface area (Å²) in [5, 5.41) is 7.42. The fourth-order valence-electron chi connectivity index (χ4n) is 0. The first-order valence-corrected chi connectivity index (χ1v) is 0.928. The van der Waals surface area contributed by atoms with Crippen LogP contribution in [-0.4, -0.2) is 35.5 Å². The largest absolute Gasteiger partial charge is 0.481 e. The second-order valence-corrected chi connectivity index (χ2v) is 0.519. The van der Waals surface area contributed by atoms with E-state index in [0.29, 0.717) is 0 Å². The fourth-order valence-corrected chi connectivity index (χ4v) is 0. The van der Waals surface area contributed by atoms with Crippen molar-refractivity contribution in [1.82, 2.24) is 0 Å². The van der Waals surface area contributed by atoms with Crippen molar-refractivity contribution >= 4 is 30.4 Å². The van der Waals surface area contributed by atoms with Crippen LogP contribution in [0, 0.1) is 0 Å². The third-order valence-electron chi connectivity index (χ3n) is 0. The molecule has 1 N–H and O–H groups in total. The van der Waals surface area contributed by atoms with Gasteiger partial charge in [0.15, 0.2) is 0 Å². The summed E-state index contributed by atoms with van der Waals surface area (Å²) < 4.78 is 0. The van der Waals surface area contributed by atoms with Gasteiger partial charge in [0.05, 0.1) is 0 Å². The van der Waals surface area contributed by atoms with E-state index in [0.717, 1.165) is 6.92 Å². The first-order chi connectivity index (χ1) is 1.73. The molecule has 0 bridgehead atoms. The number of carbonyl (C=O) groups is 1. The molecule has 5 heavy (non-hydrogen) atoms. The van der Waals surface area contributed by atoms with Gasteiger partial charge in [0, 0.05) is 31.4 Å². The molecule has 0 unspecified atom stereocenters. The summed E-state index contributed by atoms with van der Waals surface area (Å²) >= 11 is 0. The molecule has 0 saturated heterocycles. The summed E-state index contributed by atoms with van der Waals surface area (Å²) in [6, 6.07) is 0. The minimum Gasteiger partial charge on any atom is -0.481 e. The minimum atomic E-state index is -0.833. The van der Waals surface area contributed by atoms with Gasteiger partial charge in [-0.15, -0.1) is 0 Å². The first-order valence-electron chi connectivity index (χ1n) is 0.928. The van der Waals surface area contributed by atoms with Crippen molar-refractivity contribution < 1.29 is 9.90 Å². The van der Waals surface area contributed by atoms with Gasteiger partial charge in [-0.3, -0.25) is 4.79 Å². The normalized spacial score (nSPS) is 5.00. The Morgan fingerprint density at radius 3 is 1.80 bits per heavy atom. The Morgan fingerprint density at radius 1 is 1.80 bits per heavy atom. The molecular weight excluding hydrogens is 178 g/mol. The van der Waals surface area contributed by atoms with Gasteiger partial charge in [0.2, 0.25) is 0 Å². The zero-order valence-corrected chi connectivity index (χ0v) is 5.36. The average Bonchev–Trinajstić information content (AvgIpc) is 0.811. The Kier molecular flexibility index (Phi) is 7.71. The molecule has 3 radical (unpaired) electrons. The molecule has 0 aliphatic heterocycles. The molecule has 0 atom stereocenters. The summed E-state index contributed by atoms with van der Waals surface area (Å²) in [6.45, 7) is 1.08. The summed E-state index contributed by atoms with van der Waals surface area (Å²) in [6.07, 6.45) is 0. The van der Waals surface area contributed by atoms with Crippen LogP contribution < -0.4 is 0 Å². The van der Waals surface area contributed by atoms with E-state index in [-0.39, 0.29) is 24.4 Å². The van der Waals surface area contributed by atoms with Crippen LogP contribution in [-0.2, 0) is 4.79 Å². The van der Waals surface area contributed by atoms with E-state index in [1.54, 1.807) is 0 Å². The molecular formula is C2H4O2Sb. The Bertz CT molecular complexity index is 30.6. The third-order valence-corrected chi connectivity index (χ3v) is 0. The molecule has 0 heterocycles. The molecule has 0 rings (SSSR count). The van der Waals surface area contributed by atoms with E-state index < -0.39 is 5.97 Å². The van der Waals surface area contributed by atoms with E-state index in [9.17, 15) is 0 Å². The summed E-state index contributed by atoms with van der Waals surface area (Å²) in [5.41, 5.74) is 0. The quantitative estimate of drug-likeness (QED) is 0.522. The number of carboxylic acids is 1. The van der Waals surface area contributed by atoms with Gasteiger partial charge in [0.1, 0.15) is 0 Å². The van der Waals surface area contributed by atoms with Crippen LogP contribution in [0.1, 0.15) is 6.92 Å². The SMILES string of the molecule is CC(=O)O.[Sb]. The molecule has 2 nitrogen and oxygen atoms in total. The van der Waals surface area contributed by atoms with Crippen LogP contribution in [0.15, 0.2) is 0 Å². The van der Waals surface area contributed by atoms with Gasteiger partial charge in [-0.25, -0.2) is 0 Å². The van der Waals surface area contributed by atoms with E-state index in [2.05, 4.69) is 0 Å². The van der Waals surface area contributed by atoms with Crippen molar-refractivity contribution in [2.24, 2.45) is 0 Å². The molecule has 0 aliphatic carbocycles. The molecule has 0 aromatic rings. The van der Waals surface area contributed by atoms with Crippen molar-refractivity contribution in [1.29, 1.82) is 0 Å². The monoisotopic (exact) mass is 181 g/mol. The third kappa shape index (κ3) is 270. The predicted molar refractivity (Wildman–Crippen MR) is 19.1 cm³/mol. The Hall–Kier alpha value is 0.288. The average molecular weight is 182 g/mol. The van der Waals surface area contributed by atoms with Crippen LogP contribution in [0.4, 0.5) is 0 Å². The standard InChI is InChI=1S/C2H4O2.Sb/c1-2(3)4;/h1H3,(H,3,4);. The van der Waals surface area contributed by atoms with Gasteiger partial charge in [0.25, 0.3) is 5.97 Å². The molecule has 0 aliphatic rings. The smallest absolute Gasteiger partial charge is 0.300 e. The number of hydrogen-bond acceptors (Lipinski definition) is 1. The molecule has 0 aromatic carbocycles. The fraction of sp³-hybridized carbons (Fsp3) is 0.500. The van der Waals surface area contributed by atoms with E-state index in [1.807, 2.05) is 0 Å².